The highest BCUT2D eigenvalue weighted by molar-refractivity contribution is 5.76. The van der Waals surface area contributed by atoms with Gasteiger partial charge in [-0.2, -0.15) is 0 Å². The van der Waals surface area contributed by atoms with Crippen molar-refractivity contribution < 1.29 is 24.5 Å². The van der Waals surface area contributed by atoms with Gasteiger partial charge in [0.15, 0.2) is 0 Å². The number of aliphatic hydroxyl groups is 2. The highest BCUT2D eigenvalue weighted by Gasteiger charge is 2.18. The van der Waals surface area contributed by atoms with Crippen LogP contribution in [-0.4, -0.2) is 47.4 Å². The fourth-order valence-corrected chi connectivity index (χ4v) is 10.2. The van der Waals surface area contributed by atoms with Crippen LogP contribution >= 0.6 is 0 Å². The molecule has 2 atom stereocenters. The van der Waals surface area contributed by atoms with Crippen molar-refractivity contribution in [2.75, 3.05) is 13.2 Å². The van der Waals surface area contributed by atoms with E-state index in [1.807, 2.05) is 6.08 Å². The summed E-state index contributed by atoms with van der Waals surface area (Å²) in [5.74, 6) is -0.0525. The van der Waals surface area contributed by atoms with Gasteiger partial charge in [-0.1, -0.05) is 314 Å². The standard InChI is InChI=1S/C66H127NO5/c1-3-5-7-9-11-13-15-16-37-40-44-48-52-56-60-66(71)72-61-57-53-49-45-41-38-35-33-31-29-27-25-23-21-19-17-18-20-22-24-26-28-30-32-34-36-39-43-47-51-55-59-65(70)67-63(62-68)64(69)58-54-50-46-42-14-12-10-8-6-4-2/h15-16,54,58,63-64,68-69H,3-14,17-53,55-57,59-62H2,1-2H3,(H,67,70)/b16-15-,58-54+. The SMILES string of the molecule is CCCCCCC/C=C\CCCCCCCC(=O)OCCCCCCCCCCCCCCCCCCCCCCCCCCCCCCCCCC(=O)NC(CO)C(O)/C=C/CCCCCCCCCC. The van der Waals surface area contributed by atoms with Gasteiger partial charge in [0.2, 0.25) is 5.91 Å². The molecule has 72 heavy (non-hydrogen) atoms. The summed E-state index contributed by atoms with van der Waals surface area (Å²) in [5.41, 5.74) is 0. The Hall–Kier alpha value is -1.66. The van der Waals surface area contributed by atoms with Crippen molar-refractivity contribution in [3.05, 3.63) is 24.3 Å². The van der Waals surface area contributed by atoms with Crippen LogP contribution in [0.1, 0.15) is 361 Å². The lowest BCUT2D eigenvalue weighted by molar-refractivity contribution is -0.143. The number of ether oxygens (including phenoxy) is 1. The average molecular weight is 1010 g/mol. The van der Waals surface area contributed by atoms with Gasteiger partial charge in [-0.3, -0.25) is 9.59 Å². The Morgan fingerprint density at radius 1 is 0.375 bits per heavy atom. The highest BCUT2D eigenvalue weighted by Crippen LogP contribution is 2.18. The predicted molar refractivity (Wildman–Crippen MR) is 315 cm³/mol. The summed E-state index contributed by atoms with van der Waals surface area (Å²) in [6, 6.07) is -0.622. The van der Waals surface area contributed by atoms with E-state index >= 15 is 0 Å². The van der Waals surface area contributed by atoms with Gasteiger partial charge in [0, 0.05) is 12.8 Å². The lowest BCUT2D eigenvalue weighted by atomic mass is 10.0. The Morgan fingerprint density at radius 3 is 0.986 bits per heavy atom. The molecule has 6 nitrogen and oxygen atoms in total. The van der Waals surface area contributed by atoms with Crippen LogP contribution in [0.25, 0.3) is 0 Å². The largest absolute Gasteiger partial charge is 0.466 e. The van der Waals surface area contributed by atoms with Crippen molar-refractivity contribution in [1.82, 2.24) is 5.32 Å². The third-order valence-corrected chi connectivity index (χ3v) is 15.2. The number of esters is 1. The van der Waals surface area contributed by atoms with Crippen LogP contribution < -0.4 is 5.32 Å². The molecule has 0 radical (unpaired) electrons. The molecule has 0 aliphatic heterocycles. The van der Waals surface area contributed by atoms with Crippen LogP contribution in [0.3, 0.4) is 0 Å². The van der Waals surface area contributed by atoms with Crippen molar-refractivity contribution in [3.63, 3.8) is 0 Å². The quantitative estimate of drug-likeness (QED) is 0.0320. The van der Waals surface area contributed by atoms with Crippen LogP contribution in [0.2, 0.25) is 0 Å². The summed E-state index contributed by atoms with van der Waals surface area (Å²) in [6.45, 7) is 4.89. The molecule has 426 valence electrons. The van der Waals surface area contributed by atoms with Crippen LogP contribution in [0.4, 0.5) is 0 Å². The molecule has 0 rings (SSSR count). The number of nitrogens with one attached hydrogen (secondary N) is 1. The lowest BCUT2D eigenvalue weighted by Crippen LogP contribution is -2.45. The number of amides is 1. The van der Waals surface area contributed by atoms with Crippen LogP contribution in [0.15, 0.2) is 24.3 Å². The van der Waals surface area contributed by atoms with E-state index in [-0.39, 0.29) is 18.5 Å². The Kier molecular flexibility index (Phi) is 60.5. The second-order valence-electron chi connectivity index (χ2n) is 22.5. The van der Waals surface area contributed by atoms with Gasteiger partial charge < -0.3 is 20.3 Å². The number of hydrogen-bond acceptors (Lipinski definition) is 5. The zero-order valence-electron chi connectivity index (χ0n) is 48.7. The number of rotatable bonds is 61. The lowest BCUT2D eigenvalue weighted by Gasteiger charge is -2.20. The molecule has 0 aromatic heterocycles. The van der Waals surface area contributed by atoms with Gasteiger partial charge in [0.25, 0.3) is 0 Å². The number of unbranched alkanes of at least 4 members (excludes halogenated alkanes) is 48. The van der Waals surface area contributed by atoms with E-state index in [9.17, 15) is 19.8 Å². The van der Waals surface area contributed by atoms with Gasteiger partial charge in [-0.25, -0.2) is 0 Å². The summed E-state index contributed by atoms with van der Waals surface area (Å²) in [5, 5.41) is 23.0. The van der Waals surface area contributed by atoms with E-state index in [1.165, 1.54) is 289 Å². The topological polar surface area (TPSA) is 95.9 Å². The molecule has 2 unspecified atom stereocenters. The molecule has 3 N–H and O–H groups in total. The zero-order chi connectivity index (χ0) is 52.2. The van der Waals surface area contributed by atoms with Gasteiger partial charge in [0.05, 0.1) is 25.4 Å². The molecule has 0 aliphatic rings. The predicted octanol–water partition coefficient (Wildman–Crippen LogP) is 20.6. The fraction of sp³-hybridized carbons (Fsp3) is 0.909. The summed E-state index contributed by atoms with van der Waals surface area (Å²) in [4.78, 5) is 24.5. The van der Waals surface area contributed by atoms with E-state index in [1.54, 1.807) is 6.08 Å². The monoisotopic (exact) mass is 1010 g/mol. The van der Waals surface area contributed by atoms with Crippen molar-refractivity contribution in [1.29, 1.82) is 0 Å². The van der Waals surface area contributed by atoms with Gasteiger partial charge in [-0.15, -0.1) is 0 Å². The molecular formula is C66H127NO5. The van der Waals surface area contributed by atoms with E-state index in [2.05, 4.69) is 31.3 Å². The first kappa shape index (κ1) is 70.3. The fourth-order valence-electron chi connectivity index (χ4n) is 10.2. The Labute approximate surface area is 450 Å². The maximum absolute atomic E-state index is 12.4. The Balaban J connectivity index is 3.31. The van der Waals surface area contributed by atoms with E-state index in [0.29, 0.717) is 19.4 Å². The van der Waals surface area contributed by atoms with Crippen molar-refractivity contribution in [3.8, 4) is 0 Å². The molecule has 0 heterocycles. The number of allylic oxidation sites excluding steroid dienone is 3. The molecule has 0 bridgehead atoms. The van der Waals surface area contributed by atoms with E-state index in [4.69, 9.17) is 4.74 Å². The molecule has 0 saturated heterocycles. The van der Waals surface area contributed by atoms with Gasteiger partial charge >= 0.3 is 5.97 Å². The number of carbonyl (C=O) groups is 2. The third kappa shape index (κ3) is 57.6. The maximum atomic E-state index is 12.4. The molecule has 0 saturated carbocycles. The van der Waals surface area contributed by atoms with Crippen LogP contribution in [0.5, 0.6) is 0 Å². The summed E-state index contributed by atoms with van der Waals surface area (Å²) in [6.07, 6.45) is 76.8. The molecule has 0 aromatic rings. The zero-order valence-corrected chi connectivity index (χ0v) is 48.7. The second-order valence-corrected chi connectivity index (χ2v) is 22.5. The van der Waals surface area contributed by atoms with Crippen molar-refractivity contribution in [2.24, 2.45) is 0 Å². The minimum atomic E-state index is -0.839. The molecule has 1 amide bonds. The molecular weight excluding hydrogens is 887 g/mol. The molecule has 6 heteroatoms. The number of carbonyl (C=O) groups excluding carboxylic acids is 2. The van der Waals surface area contributed by atoms with E-state index in [0.717, 1.165) is 44.9 Å². The second kappa shape index (κ2) is 61.9. The molecule has 0 fully saturated rings. The van der Waals surface area contributed by atoms with Gasteiger partial charge in [0.1, 0.15) is 0 Å². The van der Waals surface area contributed by atoms with Crippen LogP contribution in [0, 0.1) is 0 Å². The normalized spacial score (nSPS) is 12.7. The number of aliphatic hydroxyl groups excluding tert-OH is 2. The van der Waals surface area contributed by atoms with Crippen LogP contribution in [-0.2, 0) is 14.3 Å². The first-order valence-electron chi connectivity index (χ1n) is 32.6. The number of hydrogen-bond donors (Lipinski definition) is 3. The first-order chi connectivity index (χ1) is 35.5. The summed E-state index contributed by atoms with van der Waals surface area (Å²) in [7, 11) is 0. The van der Waals surface area contributed by atoms with Crippen molar-refractivity contribution >= 4 is 11.9 Å². The minimum absolute atomic E-state index is 0.0120. The smallest absolute Gasteiger partial charge is 0.305 e. The highest BCUT2D eigenvalue weighted by atomic mass is 16.5. The Morgan fingerprint density at radius 2 is 0.653 bits per heavy atom. The molecule has 0 aromatic carbocycles. The molecule has 0 spiro atoms. The van der Waals surface area contributed by atoms with Crippen molar-refractivity contribution in [2.45, 2.75) is 373 Å². The Bertz CT molecular complexity index is 1120. The summed E-state index contributed by atoms with van der Waals surface area (Å²) < 4.78 is 5.48. The summed E-state index contributed by atoms with van der Waals surface area (Å²) >= 11 is 0. The third-order valence-electron chi connectivity index (χ3n) is 15.2. The maximum Gasteiger partial charge on any atom is 0.305 e. The van der Waals surface area contributed by atoms with E-state index < -0.39 is 12.1 Å². The minimum Gasteiger partial charge on any atom is -0.466 e. The average Bonchev–Trinajstić information content (AvgIpc) is 3.38. The first-order valence-corrected chi connectivity index (χ1v) is 32.6. The van der Waals surface area contributed by atoms with Gasteiger partial charge in [-0.05, 0) is 57.8 Å². The molecule has 0 aliphatic carbocycles.